The van der Waals surface area contributed by atoms with E-state index < -0.39 is 0 Å². The van der Waals surface area contributed by atoms with Gasteiger partial charge in [-0.3, -0.25) is 4.79 Å². The van der Waals surface area contributed by atoms with Gasteiger partial charge in [-0.2, -0.15) is 0 Å². The number of hydrogen-bond donors (Lipinski definition) is 1. The van der Waals surface area contributed by atoms with Gasteiger partial charge in [-0.15, -0.1) is 10.2 Å². The van der Waals surface area contributed by atoms with Gasteiger partial charge in [0, 0.05) is 11.6 Å². The Morgan fingerprint density at radius 2 is 2.20 bits per heavy atom. The molecule has 1 aromatic carbocycles. The highest BCUT2D eigenvalue weighted by molar-refractivity contribution is 7.99. The van der Waals surface area contributed by atoms with Gasteiger partial charge in [-0.05, 0) is 38.0 Å². The molecule has 1 aromatic heterocycles. The van der Waals surface area contributed by atoms with Gasteiger partial charge in [0.05, 0.1) is 26.0 Å². The number of carbonyl (C=O) groups is 1. The van der Waals surface area contributed by atoms with Crippen molar-refractivity contribution in [2.24, 2.45) is 0 Å². The van der Waals surface area contributed by atoms with Crippen LogP contribution in [0.4, 0.5) is 0 Å². The Hall–Kier alpha value is -2.22. The zero-order valence-corrected chi connectivity index (χ0v) is 15.4. The molecule has 1 fully saturated rings. The maximum Gasteiger partial charge on any atom is 0.230 e. The van der Waals surface area contributed by atoms with Crippen LogP contribution in [0, 0.1) is 0 Å². The van der Waals surface area contributed by atoms with E-state index in [1.54, 1.807) is 20.5 Å². The summed E-state index contributed by atoms with van der Waals surface area (Å²) >= 11 is 1.41. The predicted molar refractivity (Wildman–Crippen MR) is 95.1 cm³/mol. The van der Waals surface area contributed by atoms with E-state index in [0.717, 1.165) is 35.1 Å². The van der Waals surface area contributed by atoms with Crippen LogP contribution in [0.3, 0.4) is 0 Å². The summed E-state index contributed by atoms with van der Waals surface area (Å²) in [5.41, 5.74) is 0.876. The monoisotopic (exact) mass is 362 g/mol. The Morgan fingerprint density at radius 1 is 1.40 bits per heavy atom. The van der Waals surface area contributed by atoms with E-state index in [9.17, 15) is 4.79 Å². The van der Waals surface area contributed by atoms with E-state index in [0.29, 0.717) is 11.8 Å². The highest BCUT2D eigenvalue weighted by Gasteiger charge is 2.26. The van der Waals surface area contributed by atoms with Crippen molar-refractivity contribution in [3.8, 4) is 11.5 Å². The molecule has 8 heteroatoms. The zero-order valence-electron chi connectivity index (χ0n) is 14.6. The lowest BCUT2D eigenvalue weighted by atomic mass is 10.1. The number of ether oxygens (including phenoxy) is 2. The van der Waals surface area contributed by atoms with Crippen LogP contribution in [0.15, 0.2) is 29.7 Å². The number of carbonyl (C=O) groups excluding carboxylic acids is 1. The fourth-order valence-corrected chi connectivity index (χ4v) is 3.40. The van der Waals surface area contributed by atoms with Gasteiger partial charge >= 0.3 is 0 Å². The second-order valence-electron chi connectivity index (χ2n) is 5.94. The molecule has 0 aliphatic heterocycles. The molecule has 1 aliphatic rings. The van der Waals surface area contributed by atoms with Crippen molar-refractivity contribution in [3.63, 3.8) is 0 Å². The summed E-state index contributed by atoms with van der Waals surface area (Å²) in [6.07, 6.45) is 4.05. The zero-order chi connectivity index (χ0) is 17.8. The minimum absolute atomic E-state index is 0.0623. The number of methoxy groups -OCH3 is 2. The quantitative estimate of drug-likeness (QED) is 0.727. The summed E-state index contributed by atoms with van der Waals surface area (Å²) in [6, 6.07) is 5.85. The summed E-state index contributed by atoms with van der Waals surface area (Å²) in [5, 5.41) is 11.8. The first kappa shape index (κ1) is 17.6. The first-order valence-electron chi connectivity index (χ1n) is 8.16. The topological polar surface area (TPSA) is 78.3 Å². The molecular weight excluding hydrogens is 340 g/mol. The van der Waals surface area contributed by atoms with Crippen LogP contribution >= 0.6 is 11.8 Å². The van der Waals surface area contributed by atoms with Gasteiger partial charge in [-0.1, -0.05) is 11.8 Å². The number of benzene rings is 1. The average Bonchev–Trinajstić information content (AvgIpc) is 3.37. The molecule has 1 unspecified atom stereocenters. The van der Waals surface area contributed by atoms with Crippen molar-refractivity contribution in [1.29, 1.82) is 0 Å². The van der Waals surface area contributed by atoms with Crippen molar-refractivity contribution in [3.05, 3.63) is 30.1 Å². The molecule has 25 heavy (non-hydrogen) atoms. The lowest BCUT2D eigenvalue weighted by molar-refractivity contribution is -0.119. The Bertz CT molecular complexity index is 745. The lowest BCUT2D eigenvalue weighted by Crippen LogP contribution is -2.28. The number of rotatable bonds is 8. The molecule has 134 valence electrons. The number of thioether (sulfide) groups is 1. The molecule has 1 aliphatic carbocycles. The Kier molecular flexibility index (Phi) is 5.47. The molecule has 1 atom stereocenters. The summed E-state index contributed by atoms with van der Waals surface area (Å²) in [5.74, 6) is 1.67. The molecule has 3 rings (SSSR count). The summed E-state index contributed by atoms with van der Waals surface area (Å²) in [6.45, 7) is 1.92. The molecule has 2 aromatic rings. The van der Waals surface area contributed by atoms with Gasteiger partial charge in [0.15, 0.2) is 5.16 Å². The smallest absolute Gasteiger partial charge is 0.230 e. The minimum Gasteiger partial charge on any atom is -0.497 e. The van der Waals surface area contributed by atoms with E-state index in [2.05, 4.69) is 15.5 Å². The van der Waals surface area contributed by atoms with Crippen LogP contribution in [-0.2, 0) is 4.79 Å². The van der Waals surface area contributed by atoms with Gasteiger partial charge in [0.25, 0.3) is 0 Å². The molecule has 1 heterocycles. The number of nitrogens with one attached hydrogen (secondary N) is 1. The molecule has 1 amide bonds. The van der Waals surface area contributed by atoms with Crippen molar-refractivity contribution in [2.75, 3.05) is 20.0 Å². The van der Waals surface area contributed by atoms with E-state index in [4.69, 9.17) is 9.47 Å². The van der Waals surface area contributed by atoms with Crippen molar-refractivity contribution in [1.82, 2.24) is 20.1 Å². The van der Waals surface area contributed by atoms with Crippen molar-refractivity contribution in [2.45, 2.75) is 37.0 Å². The predicted octanol–water partition coefficient (Wildman–Crippen LogP) is 2.60. The number of amides is 1. The Labute approximate surface area is 151 Å². The summed E-state index contributed by atoms with van der Waals surface area (Å²) in [7, 11) is 3.22. The second-order valence-corrected chi connectivity index (χ2v) is 6.88. The second kappa shape index (κ2) is 7.77. The van der Waals surface area contributed by atoms with Crippen LogP contribution in [0.2, 0.25) is 0 Å². The third kappa shape index (κ3) is 4.25. The van der Waals surface area contributed by atoms with Gasteiger partial charge in [0.2, 0.25) is 5.91 Å². The Balaban J connectivity index is 1.59. The average molecular weight is 362 g/mol. The first-order chi connectivity index (χ1) is 12.1. The number of aromatic nitrogens is 3. The highest BCUT2D eigenvalue weighted by Crippen LogP contribution is 2.37. The first-order valence-corrected chi connectivity index (χ1v) is 9.14. The van der Waals surface area contributed by atoms with Crippen LogP contribution in [0.5, 0.6) is 11.5 Å². The molecule has 0 spiro atoms. The van der Waals surface area contributed by atoms with Crippen LogP contribution in [-0.4, -0.2) is 40.6 Å². The van der Waals surface area contributed by atoms with Crippen LogP contribution in [0.1, 0.15) is 37.4 Å². The SMILES string of the molecule is COc1ccc(OC)c(C(C)NC(=O)CSc2nncn2C2CC2)c1. The van der Waals surface area contributed by atoms with E-state index >= 15 is 0 Å². The third-order valence-corrected chi connectivity index (χ3v) is 5.05. The normalized spacial score (nSPS) is 14.8. The van der Waals surface area contributed by atoms with Crippen molar-refractivity contribution >= 4 is 17.7 Å². The number of nitrogens with zero attached hydrogens (tertiary/aromatic N) is 3. The molecule has 1 saturated carbocycles. The molecular formula is C17H22N4O3S. The molecule has 0 radical (unpaired) electrons. The largest absolute Gasteiger partial charge is 0.497 e. The van der Waals surface area contributed by atoms with Gasteiger partial charge in [0.1, 0.15) is 17.8 Å². The van der Waals surface area contributed by atoms with E-state index in [-0.39, 0.29) is 11.9 Å². The maximum absolute atomic E-state index is 12.3. The fourth-order valence-electron chi connectivity index (χ4n) is 2.61. The summed E-state index contributed by atoms with van der Waals surface area (Å²) in [4.78, 5) is 12.3. The molecule has 1 N–H and O–H groups in total. The summed E-state index contributed by atoms with van der Waals surface area (Å²) < 4.78 is 12.7. The Morgan fingerprint density at radius 3 is 2.88 bits per heavy atom. The van der Waals surface area contributed by atoms with E-state index in [1.165, 1.54) is 11.8 Å². The standard InChI is InChI=1S/C17H22N4O3S/c1-11(14-8-13(23-2)6-7-15(14)24-3)19-16(22)9-25-17-20-18-10-21(17)12-4-5-12/h6-8,10-12H,4-5,9H2,1-3H3,(H,19,22). The third-order valence-electron chi connectivity index (χ3n) is 4.09. The van der Waals surface area contributed by atoms with Crippen molar-refractivity contribution < 1.29 is 14.3 Å². The number of hydrogen-bond acceptors (Lipinski definition) is 6. The molecule has 0 saturated heterocycles. The lowest BCUT2D eigenvalue weighted by Gasteiger charge is -2.18. The maximum atomic E-state index is 12.3. The molecule has 7 nitrogen and oxygen atoms in total. The minimum atomic E-state index is -0.195. The highest BCUT2D eigenvalue weighted by atomic mass is 32.2. The van der Waals surface area contributed by atoms with Crippen LogP contribution in [0.25, 0.3) is 0 Å². The van der Waals surface area contributed by atoms with E-state index in [1.807, 2.05) is 29.7 Å². The van der Waals surface area contributed by atoms with Crippen LogP contribution < -0.4 is 14.8 Å². The van der Waals surface area contributed by atoms with Gasteiger partial charge in [-0.25, -0.2) is 0 Å². The van der Waals surface area contributed by atoms with Gasteiger partial charge < -0.3 is 19.4 Å². The fraction of sp³-hybridized carbons (Fsp3) is 0.471. The molecule has 0 bridgehead atoms.